The van der Waals surface area contributed by atoms with Crippen molar-refractivity contribution in [3.63, 3.8) is 0 Å². The average Bonchev–Trinajstić information content (AvgIpc) is 2.48. The van der Waals surface area contributed by atoms with Gasteiger partial charge in [-0.15, -0.1) is 0 Å². The summed E-state index contributed by atoms with van der Waals surface area (Å²) < 4.78 is 19.0. The summed E-state index contributed by atoms with van der Waals surface area (Å²) in [5.41, 5.74) is -1.04. The first-order valence-electron chi connectivity index (χ1n) is 6.78. The number of ketones is 1. The van der Waals surface area contributed by atoms with E-state index in [2.05, 4.69) is 0 Å². The van der Waals surface area contributed by atoms with Gasteiger partial charge in [-0.25, -0.2) is 4.39 Å². The Hall–Kier alpha value is -2.96. The highest BCUT2D eigenvalue weighted by atomic mass is 19.1. The van der Waals surface area contributed by atoms with Crippen molar-refractivity contribution in [3.8, 4) is 11.5 Å². The summed E-state index contributed by atoms with van der Waals surface area (Å²) in [6.07, 6.45) is -0.376. The van der Waals surface area contributed by atoms with E-state index in [0.29, 0.717) is 0 Å². The topological polar surface area (TPSA) is 89.7 Å². The number of carbonyl (C=O) groups is 1. The molecule has 6 nitrogen and oxygen atoms in total. The maximum Gasteiger partial charge on any atom is 0.315 e. The molecular formula is C16H14FNO5. The van der Waals surface area contributed by atoms with Gasteiger partial charge in [0.1, 0.15) is 5.82 Å². The summed E-state index contributed by atoms with van der Waals surface area (Å²) in [7, 11) is 0. The predicted octanol–water partition coefficient (Wildman–Crippen LogP) is 3.46. The van der Waals surface area contributed by atoms with Crippen LogP contribution in [0.25, 0.3) is 0 Å². The monoisotopic (exact) mass is 319 g/mol. The normalized spacial score (nSPS) is 10.6. The molecule has 7 heteroatoms. The lowest BCUT2D eigenvalue weighted by molar-refractivity contribution is -0.386. The lowest BCUT2D eigenvalue weighted by Gasteiger charge is -2.13. The maximum absolute atomic E-state index is 13.7. The molecule has 0 atom stereocenters. The zero-order chi connectivity index (χ0) is 17.1. The van der Waals surface area contributed by atoms with Crippen LogP contribution in [0.2, 0.25) is 0 Å². The fourth-order valence-corrected chi connectivity index (χ4v) is 2.01. The zero-order valence-corrected chi connectivity index (χ0v) is 12.4. The van der Waals surface area contributed by atoms with Crippen molar-refractivity contribution in [2.75, 3.05) is 0 Å². The predicted molar refractivity (Wildman–Crippen MR) is 80.4 cm³/mol. The molecule has 0 unspecified atom stereocenters. The van der Waals surface area contributed by atoms with Gasteiger partial charge in [0, 0.05) is 11.6 Å². The van der Waals surface area contributed by atoms with Gasteiger partial charge in [0.25, 0.3) is 0 Å². The number of hydrogen-bond acceptors (Lipinski definition) is 5. The molecule has 0 saturated carbocycles. The minimum Gasteiger partial charge on any atom is -0.500 e. The van der Waals surface area contributed by atoms with E-state index in [4.69, 9.17) is 4.74 Å². The van der Waals surface area contributed by atoms with E-state index < -0.39 is 28.0 Å². The van der Waals surface area contributed by atoms with Crippen LogP contribution in [0.1, 0.15) is 29.8 Å². The van der Waals surface area contributed by atoms with Crippen molar-refractivity contribution in [2.45, 2.75) is 20.0 Å². The molecular weight excluding hydrogens is 305 g/mol. The van der Waals surface area contributed by atoms with E-state index in [1.165, 1.54) is 18.2 Å². The summed E-state index contributed by atoms with van der Waals surface area (Å²) in [5.74, 6) is -2.35. The number of rotatable bonds is 5. The van der Waals surface area contributed by atoms with Crippen molar-refractivity contribution in [2.24, 2.45) is 0 Å². The van der Waals surface area contributed by atoms with Crippen LogP contribution in [-0.4, -0.2) is 21.9 Å². The molecule has 2 aromatic rings. The van der Waals surface area contributed by atoms with E-state index >= 15 is 0 Å². The molecule has 2 aromatic carbocycles. The van der Waals surface area contributed by atoms with Gasteiger partial charge in [-0.1, -0.05) is 12.1 Å². The molecule has 23 heavy (non-hydrogen) atoms. The Balaban J connectivity index is 2.58. The molecule has 120 valence electrons. The highest BCUT2D eigenvalue weighted by Crippen LogP contribution is 2.38. The van der Waals surface area contributed by atoms with Gasteiger partial charge in [-0.2, -0.15) is 0 Å². The first kappa shape index (κ1) is 16.4. The number of ether oxygens (including phenoxy) is 1. The standard InChI is InChI=1S/C16H14FNO5/c1-9(2)23-14-8-10(7-13(16(14)20)18(21)22)15(19)11-5-3-4-6-12(11)17/h3-9,20H,1-2H3. The molecule has 0 aromatic heterocycles. The molecule has 0 fully saturated rings. The molecule has 2 rings (SSSR count). The zero-order valence-electron chi connectivity index (χ0n) is 12.4. The lowest BCUT2D eigenvalue weighted by Crippen LogP contribution is -2.09. The Bertz CT molecular complexity index is 773. The number of phenolic OH excluding ortho intramolecular Hbond substituents is 1. The number of hydrogen-bond donors (Lipinski definition) is 1. The quantitative estimate of drug-likeness (QED) is 0.518. The molecule has 0 radical (unpaired) electrons. The Morgan fingerprint density at radius 3 is 2.52 bits per heavy atom. The summed E-state index contributed by atoms with van der Waals surface area (Å²) in [6.45, 7) is 3.33. The molecule has 0 amide bonds. The number of benzene rings is 2. The van der Waals surface area contributed by atoms with Crippen LogP contribution in [-0.2, 0) is 0 Å². The van der Waals surface area contributed by atoms with Gasteiger partial charge >= 0.3 is 5.69 Å². The summed E-state index contributed by atoms with van der Waals surface area (Å²) >= 11 is 0. The van der Waals surface area contributed by atoms with Crippen LogP contribution in [0.5, 0.6) is 11.5 Å². The van der Waals surface area contributed by atoms with Crippen molar-refractivity contribution < 1.29 is 24.0 Å². The van der Waals surface area contributed by atoms with Gasteiger partial charge in [0.15, 0.2) is 11.5 Å². The van der Waals surface area contributed by atoms with Gasteiger partial charge < -0.3 is 9.84 Å². The van der Waals surface area contributed by atoms with Gasteiger partial charge in [-0.3, -0.25) is 14.9 Å². The minimum atomic E-state index is -0.833. The Morgan fingerprint density at radius 1 is 1.30 bits per heavy atom. The van der Waals surface area contributed by atoms with Crippen molar-refractivity contribution in [1.82, 2.24) is 0 Å². The summed E-state index contributed by atoms with van der Waals surface area (Å²) in [4.78, 5) is 22.6. The van der Waals surface area contributed by atoms with E-state index in [1.54, 1.807) is 13.8 Å². The number of nitrogens with zero attached hydrogens (tertiary/aromatic N) is 1. The Labute approximate surface area is 131 Å². The van der Waals surface area contributed by atoms with Crippen molar-refractivity contribution in [3.05, 3.63) is 63.5 Å². The van der Waals surface area contributed by atoms with Crippen LogP contribution in [0.3, 0.4) is 0 Å². The first-order chi connectivity index (χ1) is 10.8. The van der Waals surface area contributed by atoms with Gasteiger partial charge in [0.05, 0.1) is 16.6 Å². The van der Waals surface area contributed by atoms with Crippen LogP contribution >= 0.6 is 0 Å². The van der Waals surface area contributed by atoms with E-state index in [1.807, 2.05) is 0 Å². The number of nitro groups is 1. The smallest absolute Gasteiger partial charge is 0.315 e. The fraction of sp³-hybridized carbons (Fsp3) is 0.188. The van der Waals surface area contributed by atoms with Gasteiger partial charge in [-0.05, 0) is 32.0 Å². The molecule has 1 N–H and O–H groups in total. The molecule has 0 bridgehead atoms. The Morgan fingerprint density at radius 2 is 1.96 bits per heavy atom. The van der Waals surface area contributed by atoms with Crippen LogP contribution in [0.4, 0.5) is 10.1 Å². The van der Waals surface area contributed by atoms with Crippen LogP contribution in [0.15, 0.2) is 36.4 Å². The minimum absolute atomic E-state index is 0.143. The average molecular weight is 319 g/mol. The summed E-state index contributed by atoms with van der Waals surface area (Å²) in [6, 6.07) is 7.37. The van der Waals surface area contributed by atoms with E-state index in [-0.39, 0.29) is 23.0 Å². The second-order valence-electron chi connectivity index (χ2n) is 5.07. The second-order valence-corrected chi connectivity index (χ2v) is 5.07. The highest BCUT2D eigenvalue weighted by Gasteiger charge is 2.24. The molecule has 0 aliphatic rings. The molecule has 0 heterocycles. The number of nitro benzene ring substituents is 1. The third kappa shape index (κ3) is 3.45. The number of aromatic hydroxyl groups is 1. The Kier molecular flexibility index (Phi) is 4.59. The second kappa shape index (κ2) is 6.43. The molecule has 0 saturated heterocycles. The lowest BCUT2D eigenvalue weighted by atomic mass is 10.0. The number of phenols is 1. The SMILES string of the molecule is CC(C)Oc1cc(C(=O)c2ccccc2F)cc([N+](=O)[O-])c1O. The first-order valence-corrected chi connectivity index (χ1v) is 6.78. The third-order valence-electron chi connectivity index (χ3n) is 2.99. The highest BCUT2D eigenvalue weighted by molar-refractivity contribution is 6.10. The van der Waals surface area contributed by atoms with Crippen molar-refractivity contribution in [1.29, 1.82) is 0 Å². The fourth-order valence-electron chi connectivity index (χ4n) is 2.01. The molecule has 0 spiro atoms. The molecule has 0 aliphatic heterocycles. The van der Waals surface area contributed by atoms with Crippen LogP contribution in [0, 0.1) is 15.9 Å². The maximum atomic E-state index is 13.7. The largest absolute Gasteiger partial charge is 0.500 e. The number of carbonyl (C=O) groups excluding carboxylic acids is 1. The third-order valence-corrected chi connectivity index (χ3v) is 2.99. The molecule has 0 aliphatic carbocycles. The van der Waals surface area contributed by atoms with E-state index in [9.17, 15) is 24.4 Å². The van der Waals surface area contributed by atoms with E-state index in [0.717, 1.165) is 18.2 Å². The summed E-state index contributed by atoms with van der Waals surface area (Å²) in [5, 5.41) is 20.9. The van der Waals surface area contributed by atoms with Crippen molar-refractivity contribution >= 4 is 11.5 Å². The number of halogens is 1. The van der Waals surface area contributed by atoms with Crippen LogP contribution < -0.4 is 4.74 Å². The van der Waals surface area contributed by atoms with Gasteiger partial charge in [0.2, 0.25) is 5.75 Å².